The molecule has 0 unspecified atom stereocenters. The van der Waals surface area contributed by atoms with Gasteiger partial charge in [-0.2, -0.15) is 0 Å². The van der Waals surface area contributed by atoms with Gasteiger partial charge in [0.05, 0.1) is 10.7 Å². The molecule has 4 heteroatoms. The van der Waals surface area contributed by atoms with Crippen LogP contribution >= 0.6 is 27.5 Å². The average Bonchev–Trinajstić information content (AvgIpc) is 2.34. The normalized spacial score (nSPS) is 18.3. The van der Waals surface area contributed by atoms with Crippen LogP contribution in [0, 0.1) is 0 Å². The second-order valence-electron chi connectivity index (χ2n) is 5.17. The highest BCUT2D eigenvalue weighted by Gasteiger charge is 2.21. The van der Waals surface area contributed by atoms with Crippen molar-refractivity contribution in [3.05, 3.63) is 27.7 Å². The molecule has 100 valence electrons. The number of benzene rings is 1. The zero-order chi connectivity index (χ0) is 13.1. The van der Waals surface area contributed by atoms with Gasteiger partial charge in [-0.25, -0.2) is 0 Å². The molecular weight excluding hydrogens is 312 g/mol. The van der Waals surface area contributed by atoms with Gasteiger partial charge in [0.2, 0.25) is 0 Å². The van der Waals surface area contributed by atoms with E-state index >= 15 is 0 Å². The fourth-order valence-corrected chi connectivity index (χ4v) is 2.92. The first-order valence-corrected chi connectivity index (χ1v) is 7.69. The summed E-state index contributed by atoms with van der Waals surface area (Å²) in [6.07, 6.45) is 2.36. The summed E-state index contributed by atoms with van der Waals surface area (Å²) >= 11 is 9.68. The van der Waals surface area contributed by atoms with Gasteiger partial charge in [-0.15, -0.1) is 0 Å². The summed E-state index contributed by atoms with van der Waals surface area (Å²) in [5, 5.41) is 4.36. The average molecular weight is 332 g/mol. The van der Waals surface area contributed by atoms with Crippen molar-refractivity contribution in [2.45, 2.75) is 38.8 Å². The third kappa shape index (κ3) is 3.62. The highest BCUT2D eigenvalue weighted by atomic mass is 79.9. The molecule has 2 rings (SSSR count). The van der Waals surface area contributed by atoms with Crippen LogP contribution in [0.3, 0.4) is 0 Å². The highest BCUT2D eigenvalue weighted by Crippen LogP contribution is 2.28. The molecule has 2 nitrogen and oxygen atoms in total. The molecule has 0 atom stereocenters. The Morgan fingerprint density at radius 2 is 2.00 bits per heavy atom. The summed E-state index contributed by atoms with van der Waals surface area (Å²) in [4.78, 5) is 2.53. The Labute approximate surface area is 123 Å². The van der Waals surface area contributed by atoms with Crippen LogP contribution in [0.1, 0.15) is 26.7 Å². The van der Waals surface area contributed by atoms with Crippen molar-refractivity contribution in [1.29, 1.82) is 0 Å². The van der Waals surface area contributed by atoms with Crippen molar-refractivity contribution >= 4 is 33.2 Å². The zero-order valence-corrected chi connectivity index (χ0v) is 13.3. The Bertz CT molecular complexity index is 401. The minimum absolute atomic E-state index is 0.534. The van der Waals surface area contributed by atoms with E-state index in [9.17, 15) is 0 Å². The number of nitrogens with one attached hydrogen (secondary N) is 1. The number of hydrogen-bond donors (Lipinski definition) is 1. The van der Waals surface area contributed by atoms with E-state index < -0.39 is 0 Å². The quantitative estimate of drug-likeness (QED) is 0.884. The summed E-state index contributed by atoms with van der Waals surface area (Å²) in [5.74, 6) is 0. The molecule has 1 aliphatic rings. The summed E-state index contributed by atoms with van der Waals surface area (Å²) in [6.45, 7) is 6.86. The molecule has 0 aromatic heterocycles. The predicted molar refractivity (Wildman–Crippen MR) is 82.5 cm³/mol. The summed E-state index contributed by atoms with van der Waals surface area (Å²) in [7, 11) is 0. The molecule has 1 aromatic carbocycles. The van der Waals surface area contributed by atoms with Crippen molar-refractivity contribution < 1.29 is 0 Å². The van der Waals surface area contributed by atoms with Crippen LogP contribution in [-0.4, -0.2) is 30.1 Å². The third-order valence-electron chi connectivity index (χ3n) is 3.55. The van der Waals surface area contributed by atoms with Gasteiger partial charge in [-0.05, 0) is 44.9 Å². The SMILES string of the molecule is CC(C)N1CCC(Nc2cc(Br)ccc2Cl)CC1. The number of nitrogens with zero attached hydrogens (tertiary/aromatic N) is 1. The van der Waals surface area contributed by atoms with Crippen molar-refractivity contribution in [2.24, 2.45) is 0 Å². The van der Waals surface area contributed by atoms with E-state index in [0.29, 0.717) is 12.1 Å². The Balaban J connectivity index is 1.93. The molecule has 0 radical (unpaired) electrons. The van der Waals surface area contributed by atoms with Gasteiger partial charge in [0.25, 0.3) is 0 Å². The smallest absolute Gasteiger partial charge is 0.0638 e. The van der Waals surface area contributed by atoms with E-state index in [2.05, 4.69) is 46.1 Å². The monoisotopic (exact) mass is 330 g/mol. The molecule has 1 saturated heterocycles. The maximum atomic E-state index is 6.20. The van der Waals surface area contributed by atoms with Crippen LogP contribution in [0.2, 0.25) is 5.02 Å². The highest BCUT2D eigenvalue weighted by molar-refractivity contribution is 9.10. The first kappa shape index (κ1) is 14.2. The minimum atomic E-state index is 0.534. The van der Waals surface area contributed by atoms with Crippen molar-refractivity contribution in [2.75, 3.05) is 18.4 Å². The largest absolute Gasteiger partial charge is 0.381 e. The van der Waals surface area contributed by atoms with Crippen molar-refractivity contribution in [3.8, 4) is 0 Å². The van der Waals surface area contributed by atoms with E-state index in [4.69, 9.17) is 11.6 Å². The molecule has 1 aromatic rings. The maximum Gasteiger partial charge on any atom is 0.0638 e. The number of likely N-dealkylation sites (tertiary alicyclic amines) is 1. The van der Waals surface area contributed by atoms with Gasteiger partial charge >= 0.3 is 0 Å². The van der Waals surface area contributed by atoms with Gasteiger partial charge in [0, 0.05) is 29.6 Å². The first-order chi connectivity index (χ1) is 8.56. The Kier molecular flexibility index (Phi) is 4.93. The number of piperidine rings is 1. The molecule has 1 fully saturated rings. The van der Waals surface area contributed by atoms with E-state index in [1.54, 1.807) is 0 Å². The summed E-state index contributed by atoms with van der Waals surface area (Å²) in [6, 6.07) is 7.13. The van der Waals surface area contributed by atoms with Crippen LogP contribution in [0.4, 0.5) is 5.69 Å². The molecule has 0 amide bonds. The van der Waals surface area contributed by atoms with Gasteiger partial charge in [0.15, 0.2) is 0 Å². The second kappa shape index (κ2) is 6.27. The molecule has 1 N–H and O–H groups in total. The summed E-state index contributed by atoms with van der Waals surface area (Å²) < 4.78 is 1.06. The van der Waals surface area contributed by atoms with Gasteiger partial charge < -0.3 is 10.2 Å². The van der Waals surface area contributed by atoms with Crippen LogP contribution in [-0.2, 0) is 0 Å². The van der Waals surface area contributed by atoms with Gasteiger partial charge in [-0.1, -0.05) is 27.5 Å². The van der Waals surface area contributed by atoms with Crippen molar-refractivity contribution in [3.63, 3.8) is 0 Å². The van der Waals surface area contributed by atoms with E-state index in [1.165, 1.54) is 25.9 Å². The lowest BCUT2D eigenvalue weighted by Gasteiger charge is -2.35. The Morgan fingerprint density at radius 3 is 2.61 bits per heavy atom. The number of anilines is 1. The molecule has 0 saturated carbocycles. The minimum Gasteiger partial charge on any atom is -0.381 e. The van der Waals surface area contributed by atoms with Crippen LogP contribution in [0.5, 0.6) is 0 Å². The van der Waals surface area contributed by atoms with Crippen LogP contribution in [0.25, 0.3) is 0 Å². The first-order valence-electron chi connectivity index (χ1n) is 6.52. The molecular formula is C14H20BrClN2. The molecule has 0 spiro atoms. The fraction of sp³-hybridized carbons (Fsp3) is 0.571. The molecule has 0 aliphatic carbocycles. The predicted octanol–water partition coefficient (Wildman–Crippen LogP) is 4.39. The third-order valence-corrected chi connectivity index (χ3v) is 4.37. The van der Waals surface area contributed by atoms with E-state index in [1.807, 2.05) is 12.1 Å². The topological polar surface area (TPSA) is 15.3 Å². The second-order valence-corrected chi connectivity index (χ2v) is 6.50. The van der Waals surface area contributed by atoms with Crippen LogP contribution < -0.4 is 5.32 Å². The number of rotatable bonds is 3. The maximum absolute atomic E-state index is 6.20. The lowest BCUT2D eigenvalue weighted by atomic mass is 10.0. The standard InChI is InChI=1S/C14H20BrClN2/c1-10(2)18-7-5-12(6-8-18)17-14-9-11(15)3-4-13(14)16/h3-4,9-10,12,17H,5-8H2,1-2H3. The van der Waals surface area contributed by atoms with E-state index in [-0.39, 0.29) is 0 Å². The zero-order valence-electron chi connectivity index (χ0n) is 10.9. The Hall–Kier alpha value is -0.250. The van der Waals surface area contributed by atoms with Crippen molar-refractivity contribution in [1.82, 2.24) is 4.90 Å². The molecule has 18 heavy (non-hydrogen) atoms. The fourth-order valence-electron chi connectivity index (χ4n) is 2.39. The number of halogens is 2. The van der Waals surface area contributed by atoms with Gasteiger partial charge in [-0.3, -0.25) is 0 Å². The molecule has 0 bridgehead atoms. The van der Waals surface area contributed by atoms with E-state index in [0.717, 1.165) is 15.2 Å². The number of hydrogen-bond acceptors (Lipinski definition) is 2. The lowest BCUT2D eigenvalue weighted by Crippen LogP contribution is -2.42. The summed E-state index contributed by atoms with van der Waals surface area (Å²) in [5.41, 5.74) is 1.04. The molecule has 1 aliphatic heterocycles. The molecule has 1 heterocycles. The van der Waals surface area contributed by atoms with Gasteiger partial charge in [0.1, 0.15) is 0 Å². The Morgan fingerprint density at radius 1 is 1.33 bits per heavy atom. The van der Waals surface area contributed by atoms with Crippen LogP contribution in [0.15, 0.2) is 22.7 Å². The lowest BCUT2D eigenvalue weighted by molar-refractivity contribution is 0.177.